The number of hydrogen-bond acceptors (Lipinski definition) is 1. The number of aryl methyl sites for hydroxylation is 1. The zero-order chi connectivity index (χ0) is 15.4. The highest BCUT2D eigenvalue weighted by Gasteiger charge is 2.16. The lowest BCUT2D eigenvalue weighted by molar-refractivity contribution is 0.528. The lowest BCUT2D eigenvalue weighted by atomic mass is 9.97. The van der Waals surface area contributed by atoms with E-state index < -0.39 is 0 Å². The molecule has 1 atom stereocenters. The summed E-state index contributed by atoms with van der Waals surface area (Å²) in [6.07, 6.45) is 0.528. The topological polar surface area (TPSA) is 12.0 Å². The van der Waals surface area contributed by atoms with Crippen LogP contribution in [-0.4, -0.2) is 6.54 Å². The summed E-state index contributed by atoms with van der Waals surface area (Å²) >= 11 is 12.0. The summed E-state index contributed by atoms with van der Waals surface area (Å²) in [5, 5.41) is 4.23. The highest BCUT2D eigenvalue weighted by atomic mass is 35.5. The maximum Gasteiger partial charge on any atom is 0.145 e. The molecule has 0 aromatic heterocycles. The summed E-state index contributed by atoms with van der Waals surface area (Å²) < 4.78 is 14.1. The van der Waals surface area contributed by atoms with E-state index >= 15 is 0 Å². The van der Waals surface area contributed by atoms with Crippen molar-refractivity contribution in [2.75, 3.05) is 6.54 Å². The number of likely N-dealkylation sites (N-methyl/N-ethyl adjacent to an activating group) is 1. The van der Waals surface area contributed by atoms with Crippen LogP contribution >= 0.6 is 23.2 Å². The van der Waals surface area contributed by atoms with E-state index in [0.29, 0.717) is 17.0 Å². The number of rotatable bonds is 5. The largest absolute Gasteiger partial charge is 0.310 e. The van der Waals surface area contributed by atoms with Gasteiger partial charge >= 0.3 is 0 Å². The Bertz CT molecular complexity index is 608. The van der Waals surface area contributed by atoms with Crippen molar-refractivity contribution in [1.29, 1.82) is 0 Å². The van der Waals surface area contributed by atoms with E-state index in [2.05, 4.69) is 11.4 Å². The van der Waals surface area contributed by atoms with Gasteiger partial charge in [-0.1, -0.05) is 48.3 Å². The molecule has 0 saturated heterocycles. The Morgan fingerprint density at radius 3 is 2.62 bits per heavy atom. The van der Waals surface area contributed by atoms with Gasteiger partial charge in [-0.25, -0.2) is 4.39 Å². The molecule has 0 aliphatic rings. The predicted molar refractivity (Wildman–Crippen MR) is 87.7 cm³/mol. The zero-order valence-electron chi connectivity index (χ0n) is 12.1. The second kappa shape index (κ2) is 7.26. The molecule has 0 aliphatic heterocycles. The van der Waals surface area contributed by atoms with Crippen LogP contribution in [0, 0.1) is 12.7 Å². The van der Waals surface area contributed by atoms with Gasteiger partial charge in [0.2, 0.25) is 0 Å². The molecular formula is C17H18Cl2FN. The van der Waals surface area contributed by atoms with Gasteiger partial charge in [0.1, 0.15) is 5.82 Å². The first-order valence-electron chi connectivity index (χ1n) is 6.94. The summed E-state index contributed by atoms with van der Waals surface area (Å²) in [5.74, 6) is -0.346. The van der Waals surface area contributed by atoms with Crippen LogP contribution in [0.5, 0.6) is 0 Å². The quantitative estimate of drug-likeness (QED) is 0.782. The second-order valence-electron chi connectivity index (χ2n) is 5.09. The average Bonchev–Trinajstić information content (AvgIpc) is 2.42. The first kappa shape index (κ1) is 16.3. The van der Waals surface area contributed by atoms with Crippen molar-refractivity contribution in [3.05, 3.63) is 69.0 Å². The number of hydrogen-bond donors (Lipinski definition) is 1. The molecule has 21 heavy (non-hydrogen) atoms. The van der Waals surface area contributed by atoms with Gasteiger partial charge < -0.3 is 5.32 Å². The maximum absolute atomic E-state index is 14.1. The van der Waals surface area contributed by atoms with E-state index in [0.717, 1.165) is 17.7 Å². The van der Waals surface area contributed by atoms with Gasteiger partial charge in [-0.05, 0) is 54.8 Å². The molecule has 2 aromatic rings. The van der Waals surface area contributed by atoms with E-state index in [4.69, 9.17) is 23.2 Å². The van der Waals surface area contributed by atoms with Crippen LogP contribution in [0.15, 0.2) is 36.4 Å². The molecule has 0 spiro atoms. The molecule has 0 heterocycles. The first-order chi connectivity index (χ1) is 10.0. The Kier molecular flexibility index (Phi) is 5.63. The monoisotopic (exact) mass is 325 g/mol. The normalized spacial score (nSPS) is 12.4. The van der Waals surface area contributed by atoms with Crippen molar-refractivity contribution >= 4 is 23.2 Å². The molecule has 0 amide bonds. The fourth-order valence-electron chi connectivity index (χ4n) is 2.45. The summed E-state index contributed by atoms with van der Waals surface area (Å²) in [6.45, 7) is 4.81. The highest BCUT2D eigenvalue weighted by molar-refractivity contribution is 6.31. The lowest BCUT2D eigenvalue weighted by Crippen LogP contribution is -2.23. The summed E-state index contributed by atoms with van der Waals surface area (Å²) in [5.41, 5.74) is 2.75. The third kappa shape index (κ3) is 4.19. The Balaban J connectivity index is 2.32. The van der Waals surface area contributed by atoms with Crippen LogP contribution in [0.3, 0.4) is 0 Å². The van der Waals surface area contributed by atoms with E-state index in [1.807, 2.05) is 26.0 Å². The minimum atomic E-state index is -0.346. The second-order valence-corrected chi connectivity index (χ2v) is 5.93. The molecule has 0 aliphatic carbocycles. The molecule has 0 bridgehead atoms. The van der Waals surface area contributed by atoms with Crippen LogP contribution < -0.4 is 5.32 Å². The average molecular weight is 326 g/mol. The maximum atomic E-state index is 14.1. The van der Waals surface area contributed by atoms with E-state index in [1.54, 1.807) is 18.2 Å². The minimum Gasteiger partial charge on any atom is -0.310 e. The third-order valence-corrected chi connectivity index (χ3v) is 3.88. The van der Waals surface area contributed by atoms with Gasteiger partial charge in [0, 0.05) is 11.1 Å². The van der Waals surface area contributed by atoms with Crippen molar-refractivity contribution in [2.24, 2.45) is 0 Å². The Labute approximate surface area is 135 Å². The Morgan fingerprint density at radius 1 is 1.19 bits per heavy atom. The number of nitrogens with one attached hydrogen (secondary N) is 1. The van der Waals surface area contributed by atoms with Crippen molar-refractivity contribution in [1.82, 2.24) is 5.32 Å². The Morgan fingerprint density at radius 2 is 1.95 bits per heavy atom. The highest BCUT2D eigenvalue weighted by Crippen LogP contribution is 2.26. The first-order valence-corrected chi connectivity index (χ1v) is 7.70. The number of benzene rings is 2. The van der Waals surface area contributed by atoms with Crippen LogP contribution in [0.1, 0.15) is 29.7 Å². The van der Waals surface area contributed by atoms with Crippen LogP contribution in [0.4, 0.5) is 4.39 Å². The molecule has 2 rings (SSSR count). The molecule has 1 nitrogen and oxygen atoms in total. The van der Waals surface area contributed by atoms with Gasteiger partial charge in [0.05, 0.1) is 5.02 Å². The van der Waals surface area contributed by atoms with Crippen LogP contribution in [-0.2, 0) is 6.42 Å². The zero-order valence-corrected chi connectivity index (χ0v) is 13.6. The van der Waals surface area contributed by atoms with Gasteiger partial charge in [0.25, 0.3) is 0 Å². The van der Waals surface area contributed by atoms with Crippen molar-refractivity contribution in [3.8, 4) is 0 Å². The summed E-state index contributed by atoms with van der Waals surface area (Å²) in [4.78, 5) is 0. The van der Waals surface area contributed by atoms with Crippen LogP contribution in [0.2, 0.25) is 10.0 Å². The fourth-order valence-corrected chi connectivity index (χ4v) is 2.94. The molecule has 4 heteroatoms. The molecule has 2 aromatic carbocycles. The minimum absolute atomic E-state index is 0.000340. The van der Waals surface area contributed by atoms with E-state index in [1.165, 1.54) is 0 Å². The SMILES string of the molecule is CCNC(Cc1cccc(Cl)c1F)c1cc(C)cc(Cl)c1. The van der Waals surface area contributed by atoms with Gasteiger partial charge in [0.15, 0.2) is 0 Å². The van der Waals surface area contributed by atoms with Crippen molar-refractivity contribution < 1.29 is 4.39 Å². The molecule has 112 valence electrons. The van der Waals surface area contributed by atoms with Crippen LogP contribution in [0.25, 0.3) is 0 Å². The predicted octanol–water partition coefficient (Wildman–Crippen LogP) is 5.33. The molecule has 0 radical (unpaired) electrons. The van der Waals surface area contributed by atoms with Crippen molar-refractivity contribution in [2.45, 2.75) is 26.3 Å². The molecule has 0 saturated carbocycles. The van der Waals surface area contributed by atoms with Gasteiger partial charge in [-0.3, -0.25) is 0 Å². The molecule has 1 N–H and O–H groups in total. The summed E-state index contributed by atoms with van der Waals surface area (Å²) in [6, 6.07) is 11.0. The lowest BCUT2D eigenvalue weighted by Gasteiger charge is -2.20. The Hall–Kier alpha value is -1.09. The van der Waals surface area contributed by atoms with E-state index in [-0.39, 0.29) is 16.9 Å². The fraction of sp³-hybridized carbons (Fsp3) is 0.294. The molecular weight excluding hydrogens is 308 g/mol. The van der Waals surface area contributed by atoms with Crippen molar-refractivity contribution in [3.63, 3.8) is 0 Å². The third-order valence-electron chi connectivity index (χ3n) is 3.37. The number of halogens is 3. The van der Waals surface area contributed by atoms with Gasteiger partial charge in [-0.15, -0.1) is 0 Å². The molecule has 1 unspecified atom stereocenters. The summed E-state index contributed by atoms with van der Waals surface area (Å²) in [7, 11) is 0. The van der Waals surface area contributed by atoms with Gasteiger partial charge in [-0.2, -0.15) is 0 Å². The smallest absolute Gasteiger partial charge is 0.145 e. The van der Waals surface area contributed by atoms with E-state index in [9.17, 15) is 4.39 Å². The standard InChI is InChI=1S/C17H18Cl2FN/c1-3-21-16(13-7-11(2)8-14(18)9-13)10-12-5-4-6-15(19)17(12)20/h4-9,16,21H,3,10H2,1-2H3. The molecule has 0 fully saturated rings.